The summed E-state index contributed by atoms with van der Waals surface area (Å²) in [5, 5.41) is 0. The van der Waals surface area contributed by atoms with Gasteiger partial charge < -0.3 is 11.6 Å². The first-order chi connectivity index (χ1) is 9.16. The Morgan fingerprint density at radius 1 is 1.26 bits per heavy atom. The van der Waals surface area contributed by atoms with E-state index < -0.39 is 0 Å². The fourth-order valence-electron chi connectivity index (χ4n) is 2.76. The van der Waals surface area contributed by atoms with Crippen LogP contribution in [0.25, 0.3) is 11.3 Å². The number of nitrogen functional groups attached to an aromatic ring is 2. The summed E-state index contributed by atoms with van der Waals surface area (Å²) in [6.07, 6.45) is 6.60. The second-order valence-corrected chi connectivity index (χ2v) is 5.24. The molecule has 1 fully saturated rings. The van der Waals surface area contributed by atoms with Gasteiger partial charge >= 0.3 is 0 Å². The Labute approximate surface area is 112 Å². The topological polar surface area (TPSA) is 82.8 Å². The molecule has 5 nitrogen and oxygen atoms in total. The highest BCUT2D eigenvalue weighted by Crippen LogP contribution is 2.36. The molecule has 1 aliphatic rings. The lowest BCUT2D eigenvalue weighted by atomic mass is 10.1. The Bertz CT molecular complexity index is 579. The maximum absolute atomic E-state index is 6.09. The molecule has 1 aliphatic carbocycles. The molecule has 2 aromatic heterocycles. The number of aryl methyl sites for hydroxylation is 1. The molecule has 100 valence electrons. The van der Waals surface area contributed by atoms with Gasteiger partial charge in [-0.05, 0) is 31.9 Å². The Hall–Kier alpha value is -2.04. The van der Waals surface area contributed by atoms with Crippen LogP contribution in [0.5, 0.6) is 0 Å². The van der Waals surface area contributed by atoms with Crippen molar-refractivity contribution in [2.75, 3.05) is 11.6 Å². The van der Waals surface area contributed by atoms with E-state index in [4.69, 9.17) is 11.6 Å². The SMILES string of the molecule is Cc1ccc(-c2nc(C3CCCC3)n(N)c2N)cn1. The van der Waals surface area contributed by atoms with Gasteiger partial charge in [0.25, 0.3) is 0 Å². The van der Waals surface area contributed by atoms with Crippen molar-refractivity contribution in [3.05, 3.63) is 29.8 Å². The Morgan fingerprint density at radius 3 is 2.63 bits per heavy atom. The molecule has 1 saturated carbocycles. The van der Waals surface area contributed by atoms with Gasteiger partial charge in [-0.15, -0.1) is 0 Å². The van der Waals surface area contributed by atoms with Crippen LogP contribution in [0.15, 0.2) is 18.3 Å². The van der Waals surface area contributed by atoms with E-state index in [9.17, 15) is 0 Å². The summed E-state index contributed by atoms with van der Waals surface area (Å²) >= 11 is 0. The van der Waals surface area contributed by atoms with E-state index in [1.807, 2.05) is 19.1 Å². The van der Waals surface area contributed by atoms with Crippen molar-refractivity contribution in [2.45, 2.75) is 38.5 Å². The van der Waals surface area contributed by atoms with Crippen LogP contribution in [0.1, 0.15) is 43.1 Å². The van der Waals surface area contributed by atoms with Crippen molar-refractivity contribution in [1.82, 2.24) is 14.6 Å². The number of nitrogens with two attached hydrogens (primary N) is 2. The first kappa shape index (κ1) is 12.0. The first-order valence-corrected chi connectivity index (χ1v) is 6.73. The zero-order valence-electron chi connectivity index (χ0n) is 11.1. The Kier molecular flexibility index (Phi) is 2.89. The van der Waals surface area contributed by atoms with Crippen molar-refractivity contribution in [2.24, 2.45) is 0 Å². The number of hydrogen-bond donors (Lipinski definition) is 2. The monoisotopic (exact) mass is 257 g/mol. The highest BCUT2D eigenvalue weighted by molar-refractivity contribution is 5.70. The van der Waals surface area contributed by atoms with Gasteiger partial charge in [0.1, 0.15) is 11.5 Å². The van der Waals surface area contributed by atoms with E-state index in [1.165, 1.54) is 12.8 Å². The Morgan fingerprint density at radius 2 is 2.00 bits per heavy atom. The first-order valence-electron chi connectivity index (χ1n) is 6.73. The minimum atomic E-state index is 0.444. The fourth-order valence-corrected chi connectivity index (χ4v) is 2.76. The standard InChI is InChI=1S/C14H19N5/c1-9-6-7-11(8-17-9)12-13(15)19(16)14(18-12)10-4-2-3-5-10/h6-8,10H,2-5,15-16H2,1H3. The Balaban J connectivity index is 2.02. The highest BCUT2D eigenvalue weighted by atomic mass is 15.4. The lowest BCUT2D eigenvalue weighted by Gasteiger charge is -2.08. The molecule has 0 aliphatic heterocycles. The summed E-state index contributed by atoms with van der Waals surface area (Å²) in [4.78, 5) is 8.95. The minimum Gasteiger partial charge on any atom is -0.382 e. The molecule has 5 heteroatoms. The molecule has 4 N–H and O–H groups in total. The van der Waals surface area contributed by atoms with Gasteiger partial charge in [-0.2, -0.15) is 0 Å². The smallest absolute Gasteiger partial charge is 0.150 e. The van der Waals surface area contributed by atoms with Crippen LogP contribution in [0.4, 0.5) is 5.82 Å². The number of aromatic nitrogens is 3. The largest absolute Gasteiger partial charge is 0.382 e. The lowest BCUT2D eigenvalue weighted by molar-refractivity contribution is 0.648. The summed E-state index contributed by atoms with van der Waals surface area (Å²) in [6, 6.07) is 3.94. The van der Waals surface area contributed by atoms with Crippen molar-refractivity contribution >= 4 is 5.82 Å². The second-order valence-electron chi connectivity index (χ2n) is 5.24. The predicted molar refractivity (Wildman–Crippen MR) is 76.0 cm³/mol. The summed E-state index contributed by atoms with van der Waals surface area (Å²) < 4.78 is 1.55. The predicted octanol–water partition coefficient (Wildman–Crippen LogP) is 2.21. The van der Waals surface area contributed by atoms with Crippen molar-refractivity contribution in [3.63, 3.8) is 0 Å². The third-order valence-electron chi connectivity index (χ3n) is 3.88. The maximum atomic E-state index is 6.09. The molecular weight excluding hydrogens is 238 g/mol. The number of imidazole rings is 1. The summed E-state index contributed by atoms with van der Waals surface area (Å²) in [7, 11) is 0. The van der Waals surface area contributed by atoms with E-state index >= 15 is 0 Å². The zero-order valence-corrected chi connectivity index (χ0v) is 11.1. The number of anilines is 1. The summed E-state index contributed by atoms with van der Waals surface area (Å²) in [6.45, 7) is 1.96. The fraction of sp³-hybridized carbons (Fsp3) is 0.429. The van der Waals surface area contributed by atoms with E-state index in [0.717, 1.165) is 35.6 Å². The van der Waals surface area contributed by atoms with Gasteiger partial charge in [0.15, 0.2) is 5.82 Å². The van der Waals surface area contributed by atoms with Crippen LogP contribution in [0.2, 0.25) is 0 Å². The van der Waals surface area contributed by atoms with Crippen molar-refractivity contribution in [1.29, 1.82) is 0 Å². The quantitative estimate of drug-likeness (QED) is 0.808. The molecule has 0 atom stereocenters. The van der Waals surface area contributed by atoms with Gasteiger partial charge in [-0.25, -0.2) is 9.66 Å². The third-order valence-corrected chi connectivity index (χ3v) is 3.88. The molecule has 19 heavy (non-hydrogen) atoms. The molecule has 0 amide bonds. The lowest BCUT2D eigenvalue weighted by Crippen LogP contribution is -2.17. The van der Waals surface area contributed by atoms with Crippen LogP contribution in [-0.4, -0.2) is 14.6 Å². The van der Waals surface area contributed by atoms with Crippen LogP contribution < -0.4 is 11.6 Å². The molecule has 2 aromatic rings. The minimum absolute atomic E-state index is 0.444. The highest BCUT2D eigenvalue weighted by Gasteiger charge is 2.25. The summed E-state index contributed by atoms with van der Waals surface area (Å²) in [5.41, 5.74) is 8.74. The van der Waals surface area contributed by atoms with Gasteiger partial charge in [-0.3, -0.25) is 4.98 Å². The maximum Gasteiger partial charge on any atom is 0.150 e. The molecule has 3 rings (SSSR count). The van der Waals surface area contributed by atoms with E-state index in [-0.39, 0.29) is 0 Å². The average molecular weight is 257 g/mol. The van der Waals surface area contributed by atoms with E-state index in [0.29, 0.717) is 11.7 Å². The molecule has 0 spiro atoms. The van der Waals surface area contributed by atoms with Crippen LogP contribution >= 0.6 is 0 Å². The molecular formula is C14H19N5. The molecule has 0 unspecified atom stereocenters. The summed E-state index contributed by atoms with van der Waals surface area (Å²) in [5.74, 6) is 7.93. The van der Waals surface area contributed by atoms with Crippen molar-refractivity contribution in [3.8, 4) is 11.3 Å². The molecule has 0 aromatic carbocycles. The molecule has 0 radical (unpaired) electrons. The van der Waals surface area contributed by atoms with Gasteiger partial charge in [0.2, 0.25) is 0 Å². The van der Waals surface area contributed by atoms with E-state index in [1.54, 1.807) is 10.9 Å². The van der Waals surface area contributed by atoms with Crippen LogP contribution in [-0.2, 0) is 0 Å². The van der Waals surface area contributed by atoms with Gasteiger partial charge in [0, 0.05) is 23.4 Å². The number of hydrogen-bond acceptors (Lipinski definition) is 4. The molecule has 0 saturated heterocycles. The zero-order chi connectivity index (χ0) is 13.4. The number of pyridine rings is 1. The van der Waals surface area contributed by atoms with Crippen molar-refractivity contribution < 1.29 is 0 Å². The van der Waals surface area contributed by atoms with Gasteiger partial charge in [0.05, 0.1) is 0 Å². The van der Waals surface area contributed by atoms with Gasteiger partial charge in [-0.1, -0.05) is 12.8 Å². The molecule has 2 heterocycles. The van der Waals surface area contributed by atoms with Crippen LogP contribution in [0.3, 0.4) is 0 Å². The van der Waals surface area contributed by atoms with E-state index in [2.05, 4.69) is 9.97 Å². The van der Waals surface area contributed by atoms with Crippen LogP contribution in [0, 0.1) is 6.92 Å². The number of nitrogens with zero attached hydrogens (tertiary/aromatic N) is 3. The average Bonchev–Trinajstić information content (AvgIpc) is 3.02. The second kappa shape index (κ2) is 4.57. The number of rotatable bonds is 2. The third kappa shape index (κ3) is 2.05. The molecule has 0 bridgehead atoms. The normalized spacial score (nSPS) is 16.1.